The summed E-state index contributed by atoms with van der Waals surface area (Å²) < 4.78 is 0. The molecule has 1 aliphatic carbocycles. The van der Waals surface area contributed by atoms with Crippen LogP contribution in [0.2, 0.25) is 0 Å². The second-order valence-corrected chi connectivity index (χ2v) is 3.56. The van der Waals surface area contributed by atoms with Gasteiger partial charge in [0.2, 0.25) is 0 Å². The molecule has 0 spiro atoms. The van der Waals surface area contributed by atoms with Gasteiger partial charge in [-0.15, -0.1) is 0 Å². The summed E-state index contributed by atoms with van der Waals surface area (Å²) in [5, 5.41) is 0. The molecule has 0 amide bonds. The third-order valence-electron chi connectivity index (χ3n) is 2.70. The van der Waals surface area contributed by atoms with E-state index in [1.807, 2.05) is 0 Å². The topological polar surface area (TPSA) is 0 Å². The first-order valence-electron chi connectivity index (χ1n) is 4.86. The monoisotopic (exact) mass is 284 g/mol. The van der Waals surface area contributed by atoms with Crippen LogP contribution in [0.15, 0.2) is 48.5 Å². The van der Waals surface area contributed by atoms with Gasteiger partial charge in [0, 0.05) is 5.56 Å². The van der Waals surface area contributed by atoms with E-state index < -0.39 is 0 Å². The van der Waals surface area contributed by atoms with E-state index in [4.69, 9.17) is 0 Å². The summed E-state index contributed by atoms with van der Waals surface area (Å²) >= 11 is 0. The zero-order valence-corrected chi connectivity index (χ0v) is 9.70. The summed E-state index contributed by atoms with van der Waals surface area (Å²) in [4.78, 5) is 0. The Hall–Kier alpha value is -1.12. The van der Waals surface area contributed by atoms with Crippen molar-refractivity contribution in [1.82, 2.24) is 0 Å². The molecule has 0 N–H and O–H groups in total. The van der Waals surface area contributed by atoms with E-state index in [1.54, 1.807) is 0 Å². The van der Waals surface area contributed by atoms with Crippen molar-refractivity contribution >= 4 is 0 Å². The normalized spacial score (nSPS) is 11.2. The van der Waals surface area contributed by atoms with Crippen molar-refractivity contribution in [2.45, 2.75) is 6.42 Å². The molecule has 2 aromatic rings. The quantitative estimate of drug-likeness (QED) is 0.651. The number of hydrogen-bond donors (Lipinski definition) is 0. The minimum atomic E-state index is 0. The van der Waals surface area contributed by atoms with E-state index in [0.717, 1.165) is 6.42 Å². The van der Waals surface area contributed by atoms with Gasteiger partial charge < -0.3 is 0 Å². The molecule has 72 valence electrons. The minimum absolute atomic E-state index is 0. The molecule has 1 aliphatic rings. The molecule has 0 nitrogen and oxygen atoms in total. The van der Waals surface area contributed by atoms with E-state index in [-0.39, 0.29) is 20.4 Å². The van der Waals surface area contributed by atoms with Crippen LogP contribution in [0, 0.1) is 6.42 Å². The van der Waals surface area contributed by atoms with Crippen molar-refractivity contribution in [3.05, 3.63) is 66.1 Å². The Labute approximate surface area is 104 Å². The van der Waals surface area contributed by atoms with Gasteiger partial charge >= 0.3 is 26.0 Å². The molecule has 0 aromatic heterocycles. The SMILES string of the molecule is [C+2]1Cc2ccccc2-c2ccccc21.[Pd+2]. The van der Waals surface area contributed by atoms with Crippen LogP contribution in [0.4, 0.5) is 0 Å². The minimum Gasteiger partial charge on any atom is -0.0616 e. The molecule has 0 heterocycles. The molecule has 3 rings (SSSR count). The second kappa shape index (κ2) is 4.17. The van der Waals surface area contributed by atoms with Gasteiger partial charge in [-0.05, 0) is 12.1 Å². The van der Waals surface area contributed by atoms with E-state index in [2.05, 4.69) is 55.0 Å². The number of rotatable bonds is 0. The molecule has 1 heteroatoms. The fourth-order valence-electron chi connectivity index (χ4n) is 2.00. The largest absolute Gasteiger partial charge is 2.00 e. The van der Waals surface area contributed by atoms with Crippen molar-refractivity contribution in [2.75, 3.05) is 0 Å². The van der Waals surface area contributed by atoms with Crippen molar-refractivity contribution in [1.29, 1.82) is 0 Å². The van der Waals surface area contributed by atoms with Gasteiger partial charge in [-0.2, -0.15) is 0 Å². The number of fused-ring (bicyclic) bond motifs is 3. The summed E-state index contributed by atoms with van der Waals surface area (Å²) in [6.07, 6.45) is 4.36. The Morgan fingerprint density at radius 1 is 0.800 bits per heavy atom. The molecular weight excluding hydrogens is 275 g/mol. The average Bonchev–Trinajstić information content (AvgIpc) is 2.29. The van der Waals surface area contributed by atoms with Crippen LogP contribution in [0.1, 0.15) is 11.1 Å². The summed E-state index contributed by atoms with van der Waals surface area (Å²) in [7, 11) is 0. The number of benzene rings is 2. The fraction of sp³-hybridized carbons (Fsp3) is 0.0714. The molecule has 0 atom stereocenters. The molecule has 15 heavy (non-hydrogen) atoms. The van der Waals surface area contributed by atoms with Crippen LogP contribution >= 0.6 is 0 Å². The van der Waals surface area contributed by atoms with Gasteiger partial charge in [-0.1, -0.05) is 18.2 Å². The van der Waals surface area contributed by atoms with Crippen LogP contribution in [0.25, 0.3) is 11.1 Å². The molecular formula is C14H10Pd+4. The maximum Gasteiger partial charge on any atom is 2.00 e. The summed E-state index contributed by atoms with van der Waals surface area (Å²) in [5.74, 6) is 0. The van der Waals surface area contributed by atoms with Gasteiger partial charge in [0.25, 0.3) is 0 Å². The van der Waals surface area contributed by atoms with Gasteiger partial charge in [-0.3, -0.25) is 0 Å². The summed E-state index contributed by atoms with van der Waals surface area (Å²) in [5.41, 5.74) is 5.30. The zero-order chi connectivity index (χ0) is 9.38. The summed E-state index contributed by atoms with van der Waals surface area (Å²) in [6, 6.07) is 17.0. The summed E-state index contributed by atoms with van der Waals surface area (Å²) in [6.45, 7) is 0. The third kappa shape index (κ3) is 1.71. The second-order valence-electron chi connectivity index (χ2n) is 3.56. The molecule has 2 aromatic carbocycles. The molecule has 0 fully saturated rings. The van der Waals surface area contributed by atoms with Crippen molar-refractivity contribution in [3.8, 4) is 11.1 Å². The molecule has 0 saturated heterocycles. The van der Waals surface area contributed by atoms with E-state index >= 15 is 0 Å². The van der Waals surface area contributed by atoms with Crippen LogP contribution in [-0.4, -0.2) is 0 Å². The van der Waals surface area contributed by atoms with Crippen molar-refractivity contribution in [3.63, 3.8) is 0 Å². The number of hydrogen-bond acceptors (Lipinski definition) is 0. The van der Waals surface area contributed by atoms with Crippen LogP contribution in [0.5, 0.6) is 0 Å². The molecule has 0 bridgehead atoms. The van der Waals surface area contributed by atoms with E-state index in [1.165, 1.54) is 22.3 Å². The maximum atomic E-state index is 3.42. The predicted molar refractivity (Wildman–Crippen MR) is 57.9 cm³/mol. The smallest absolute Gasteiger partial charge is 0.0616 e. The van der Waals surface area contributed by atoms with Crippen LogP contribution in [-0.2, 0) is 26.8 Å². The molecule has 0 unspecified atom stereocenters. The average molecular weight is 285 g/mol. The molecule has 0 saturated carbocycles. The first-order valence-corrected chi connectivity index (χ1v) is 4.86. The Bertz CT molecular complexity index is 429. The van der Waals surface area contributed by atoms with Crippen LogP contribution < -0.4 is 0 Å². The Balaban J connectivity index is 0.000000853. The maximum absolute atomic E-state index is 3.42. The molecule has 0 aliphatic heterocycles. The first-order chi connectivity index (χ1) is 6.95. The van der Waals surface area contributed by atoms with Crippen LogP contribution in [0.3, 0.4) is 0 Å². The fourth-order valence-corrected chi connectivity index (χ4v) is 2.00. The van der Waals surface area contributed by atoms with Crippen molar-refractivity contribution in [2.24, 2.45) is 0 Å². The Kier molecular flexibility index (Phi) is 2.89. The van der Waals surface area contributed by atoms with E-state index in [0.29, 0.717) is 0 Å². The van der Waals surface area contributed by atoms with E-state index in [9.17, 15) is 0 Å². The Morgan fingerprint density at radius 3 is 2.33 bits per heavy atom. The van der Waals surface area contributed by atoms with Crippen molar-refractivity contribution < 1.29 is 20.4 Å². The van der Waals surface area contributed by atoms with Gasteiger partial charge in [0.1, 0.15) is 12.0 Å². The van der Waals surface area contributed by atoms with Gasteiger partial charge in [0.05, 0.1) is 12.1 Å². The van der Waals surface area contributed by atoms with Gasteiger partial charge in [-0.25, -0.2) is 0 Å². The standard InChI is InChI=1S/C14H10.Pd/c1-3-7-13-11(5-1)9-10-12-6-2-4-8-14(12)13;/h1-8H,9H2;/q2*+2. The van der Waals surface area contributed by atoms with Gasteiger partial charge in [0.15, 0.2) is 18.1 Å². The predicted octanol–water partition coefficient (Wildman–Crippen LogP) is 3.34. The Morgan fingerprint density at radius 2 is 1.47 bits per heavy atom. The molecule has 0 radical (unpaired) electrons. The zero-order valence-electron chi connectivity index (χ0n) is 8.14. The first kappa shape index (κ1) is 10.4. The third-order valence-corrected chi connectivity index (χ3v) is 2.70.